The van der Waals surface area contributed by atoms with E-state index in [2.05, 4.69) is 16.0 Å². The molecule has 4 aromatic carbocycles. The molecule has 60 heavy (non-hydrogen) atoms. The van der Waals surface area contributed by atoms with Crippen molar-refractivity contribution in [2.24, 2.45) is 11.7 Å². The highest BCUT2D eigenvalue weighted by Crippen LogP contribution is 2.44. The predicted molar refractivity (Wildman–Crippen MR) is 216 cm³/mol. The third-order valence-electron chi connectivity index (χ3n) is 9.89. The summed E-state index contributed by atoms with van der Waals surface area (Å²) in [6, 6.07) is 23.6. The molecule has 14 nitrogen and oxygen atoms in total. The van der Waals surface area contributed by atoms with Crippen molar-refractivity contribution in [2.45, 2.75) is 75.4 Å². The van der Waals surface area contributed by atoms with E-state index in [4.69, 9.17) is 19.8 Å². The fourth-order valence-electron chi connectivity index (χ4n) is 6.81. The molecule has 1 aliphatic carbocycles. The van der Waals surface area contributed by atoms with Crippen molar-refractivity contribution in [3.8, 4) is 11.1 Å². The topological polar surface area (TPSA) is 220 Å². The maximum absolute atomic E-state index is 14.3. The van der Waals surface area contributed by atoms with Gasteiger partial charge in [-0.3, -0.25) is 23.7 Å². The molecule has 0 aromatic heterocycles. The van der Waals surface area contributed by atoms with E-state index in [9.17, 15) is 41.2 Å². The zero-order chi connectivity index (χ0) is 43.6. The van der Waals surface area contributed by atoms with Gasteiger partial charge < -0.3 is 31.2 Å². The average molecular weight is 849 g/mol. The second-order valence-electron chi connectivity index (χ2n) is 14.8. The molecule has 0 spiro atoms. The summed E-state index contributed by atoms with van der Waals surface area (Å²) in [5.74, 6) is -3.82. The van der Waals surface area contributed by atoms with Crippen LogP contribution in [-0.2, 0) is 57.1 Å². The molecule has 0 heterocycles. The minimum atomic E-state index is -5.81. The van der Waals surface area contributed by atoms with Crippen LogP contribution in [-0.4, -0.2) is 67.5 Å². The minimum Gasteiger partial charge on any atom is -0.461 e. The van der Waals surface area contributed by atoms with Crippen molar-refractivity contribution in [3.63, 3.8) is 0 Å². The van der Waals surface area contributed by atoms with Gasteiger partial charge in [-0.25, -0.2) is 4.79 Å². The fraction of sp³-hybridized carbons (Fsp3) is 0.326. The van der Waals surface area contributed by atoms with Crippen LogP contribution in [0.1, 0.15) is 66.8 Å². The van der Waals surface area contributed by atoms with Gasteiger partial charge in [-0.15, -0.1) is 0 Å². The lowest BCUT2D eigenvalue weighted by molar-refractivity contribution is -0.145. The number of benzene rings is 4. The summed E-state index contributed by atoms with van der Waals surface area (Å²) in [4.78, 5) is 66.4. The average Bonchev–Trinajstić information content (AvgIpc) is 3.53. The number of amides is 4. The van der Waals surface area contributed by atoms with Gasteiger partial charge in [0.25, 0.3) is 0 Å². The number of alkyl carbamates (subject to hydrolysis) is 1. The molecule has 318 valence electrons. The number of alkyl halides is 2. The third-order valence-corrected chi connectivity index (χ3v) is 10.8. The molecular formula is C43H46F2N4O10S. The van der Waals surface area contributed by atoms with Crippen molar-refractivity contribution in [1.29, 1.82) is 0 Å². The largest absolute Gasteiger partial charge is 0.461 e. The smallest absolute Gasteiger partial charge is 0.407 e. The maximum Gasteiger partial charge on any atom is 0.407 e. The Morgan fingerprint density at radius 1 is 0.733 bits per heavy atom. The van der Waals surface area contributed by atoms with Gasteiger partial charge in [0.2, 0.25) is 17.7 Å². The number of halogens is 2. The van der Waals surface area contributed by atoms with Crippen LogP contribution in [0.2, 0.25) is 0 Å². The summed E-state index contributed by atoms with van der Waals surface area (Å²) in [6.45, 7) is 3.42. The Balaban J connectivity index is 1.36. The van der Waals surface area contributed by atoms with Gasteiger partial charge in [-0.05, 0) is 52.1 Å². The van der Waals surface area contributed by atoms with Crippen LogP contribution in [0.4, 0.5) is 13.6 Å². The summed E-state index contributed by atoms with van der Waals surface area (Å²) in [7, 11) is -5.81. The highest BCUT2D eigenvalue weighted by Gasteiger charge is 2.46. The van der Waals surface area contributed by atoms with E-state index < -0.39 is 68.8 Å². The molecule has 4 aromatic rings. The van der Waals surface area contributed by atoms with Gasteiger partial charge in [0.05, 0.1) is 0 Å². The molecule has 1 aliphatic rings. The van der Waals surface area contributed by atoms with Gasteiger partial charge in [0.15, 0.2) is 0 Å². The Morgan fingerprint density at radius 2 is 1.28 bits per heavy atom. The van der Waals surface area contributed by atoms with Crippen molar-refractivity contribution >= 4 is 39.9 Å². The monoisotopic (exact) mass is 848 g/mol. The van der Waals surface area contributed by atoms with E-state index in [1.807, 2.05) is 48.5 Å². The van der Waals surface area contributed by atoms with Crippen molar-refractivity contribution in [1.82, 2.24) is 16.0 Å². The molecule has 0 radical (unpaired) electrons. The molecule has 0 fully saturated rings. The first kappa shape index (κ1) is 44.9. The first-order valence-electron chi connectivity index (χ1n) is 19.1. The number of carbonyl (C=O) groups excluding carboxylic acids is 5. The Morgan fingerprint density at radius 3 is 1.85 bits per heavy atom. The number of fused-ring (bicyclic) bond motifs is 3. The Hall–Kier alpha value is -6.20. The summed E-state index contributed by atoms with van der Waals surface area (Å²) in [5.41, 5.74) is 9.22. The summed E-state index contributed by atoms with van der Waals surface area (Å²) >= 11 is 0. The Bertz CT molecular complexity index is 2250. The van der Waals surface area contributed by atoms with Crippen LogP contribution in [0.15, 0.2) is 103 Å². The normalized spacial score (nSPS) is 13.9. The number of hydrogen-bond acceptors (Lipinski definition) is 9. The van der Waals surface area contributed by atoms with E-state index in [1.54, 1.807) is 44.2 Å². The summed E-state index contributed by atoms with van der Waals surface area (Å²) in [5, 5.41) is 2.91. The molecule has 0 saturated carbocycles. The third kappa shape index (κ3) is 11.5. The molecule has 0 unspecified atom stereocenters. The van der Waals surface area contributed by atoms with Crippen LogP contribution in [0.3, 0.4) is 0 Å². The lowest BCUT2D eigenvalue weighted by Gasteiger charge is -2.25. The van der Waals surface area contributed by atoms with Crippen LogP contribution in [0.5, 0.6) is 0 Å². The van der Waals surface area contributed by atoms with Crippen molar-refractivity contribution < 1.29 is 55.2 Å². The number of nitrogens with one attached hydrogen (secondary N) is 3. The van der Waals surface area contributed by atoms with Crippen LogP contribution >= 0.6 is 0 Å². The number of rotatable bonds is 19. The maximum atomic E-state index is 14.3. The fourth-order valence-corrected chi connectivity index (χ4v) is 7.25. The number of ether oxygens (including phenoxy) is 2. The van der Waals surface area contributed by atoms with Crippen molar-refractivity contribution in [3.05, 3.63) is 131 Å². The molecule has 3 atom stereocenters. The van der Waals surface area contributed by atoms with E-state index >= 15 is 0 Å². The van der Waals surface area contributed by atoms with Gasteiger partial charge in [0.1, 0.15) is 31.3 Å². The molecular weight excluding hydrogens is 803 g/mol. The van der Waals surface area contributed by atoms with Gasteiger partial charge in [-0.2, -0.15) is 17.2 Å². The van der Waals surface area contributed by atoms with Gasteiger partial charge in [-0.1, -0.05) is 117 Å². The number of hydrogen-bond donors (Lipinski definition) is 5. The first-order valence-corrected chi connectivity index (χ1v) is 20.5. The standard InChI is InChI=1S/C43H46F2N4O10S/c1-26(2)22-36(39(46)51)47-41(53)37(23-27-16-18-29(19-17-27)43(44,45)60(55,56)57)48-40(52)35(20-21-38(50)58-24-28-10-4-3-5-11-28)49-42(54)59-25-34-32-14-8-6-12-30(32)31-13-7-9-15-33(31)34/h3-19,26,34-37H,20-25H2,1-2H3,(H2,46,51)(H,47,53)(H,48,52)(H,49,54)(H,55,56,57)/t35-,36-,37-/m0/s1. The highest BCUT2D eigenvalue weighted by molar-refractivity contribution is 7.86. The van der Waals surface area contributed by atoms with Crippen LogP contribution in [0.25, 0.3) is 11.1 Å². The molecule has 5 rings (SSSR count). The summed E-state index contributed by atoms with van der Waals surface area (Å²) in [6.07, 6.45) is -1.92. The second-order valence-corrected chi connectivity index (χ2v) is 16.2. The quantitative estimate of drug-likeness (QED) is 0.0621. The number of esters is 1. The zero-order valence-electron chi connectivity index (χ0n) is 32.8. The van der Waals surface area contributed by atoms with E-state index in [1.165, 1.54) is 0 Å². The van der Waals surface area contributed by atoms with Crippen LogP contribution < -0.4 is 21.7 Å². The lowest BCUT2D eigenvalue weighted by atomic mass is 9.98. The van der Waals surface area contributed by atoms with Crippen molar-refractivity contribution in [2.75, 3.05) is 6.61 Å². The van der Waals surface area contributed by atoms with E-state index in [0.717, 1.165) is 46.5 Å². The molecule has 0 aliphatic heterocycles. The Labute approximate surface area is 346 Å². The lowest BCUT2D eigenvalue weighted by Crippen LogP contribution is -2.57. The van der Waals surface area contributed by atoms with Gasteiger partial charge in [0, 0.05) is 24.3 Å². The zero-order valence-corrected chi connectivity index (χ0v) is 33.6. The molecule has 0 saturated heterocycles. The highest BCUT2D eigenvalue weighted by atomic mass is 32.2. The van der Waals surface area contributed by atoms with E-state index in [0.29, 0.717) is 5.56 Å². The number of primary amides is 1. The van der Waals surface area contributed by atoms with Gasteiger partial charge >= 0.3 is 27.4 Å². The van der Waals surface area contributed by atoms with E-state index in [-0.39, 0.29) is 56.3 Å². The molecule has 0 bridgehead atoms. The second kappa shape index (κ2) is 19.7. The summed E-state index contributed by atoms with van der Waals surface area (Å²) < 4.78 is 71.3. The molecule has 17 heteroatoms. The minimum absolute atomic E-state index is 0.0506. The first-order chi connectivity index (χ1) is 28.4. The predicted octanol–water partition coefficient (Wildman–Crippen LogP) is 5.10. The molecule has 6 N–H and O–H groups in total. The Kier molecular flexibility index (Phi) is 14.7. The SMILES string of the molecule is CC(C)C[C@H](NC(=O)[C@H](Cc1ccc(C(F)(F)S(=O)(=O)O)cc1)NC(=O)[C@H](CCC(=O)OCc1ccccc1)NC(=O)OCC1c2ccccc2-c2ccccc21)C(N)=O. The van der Waals surface area contributed by atoms with Crippen LogP contribution in [0, 0.1) is 5.92 Å². The number of carbonyl (C=O) groups is 5. The molecule has 4 amide bonds. The number of nitrogens with two attached hydrogens (primary N) is 1.